The van der Waals surface area contributed by atoms with Crippen LogP contribution in [0.5, 0.6) is 5.75 Å². The largest absolute Gasteiger partial charge is 0.493 e. The Morgan fingerprint density at radius 3 is 2.88 bits per heavy atom. The first-order valence-corrected chi connectivity index (χ1v) is 5.06. The highest BCUT2D eigenvalue weighted by Crippen LogP contribution is 2.24. The van der Waals surface area contributed by atoms with E-state index in [1.807, 2.05) is 0 Å². The van der Waals surface area contributed by atoms with Crippen molar-refractivity contribution in [1.82, 2.24) is 4.98 Å². The summed E-state index contributed by atoms with van der Waals surface area (Å²) in [6.45, 7) is 3.89. The number of carbonyl (C=O) groups is 1. The van der Waals surface area contributed by atoms with E-state index in [-0.39, 0.29) is 11.9 Å². The predicted octanol–water partition coefficient (Wildman–Crippen LogP) is 1.34. The van der Waals surface area contributed by atoms with Gasteiger partial charge in [0.05, 0.1) is 19.6 Å². The van der Waals surface area contributed by atoms with Crippen molar-refractivity contribution in [3.63, 3.8) is 0 Å². The number of hydrogen-bond donors (Lipinski definition) is 1. The molecule has 0 amide bonds. The number of hydrogen-bond acceptors (Lipinski definition) is 5. The van der Waals surface area contributed by atoms with Crippen molar-refractivity contribution >= 4 is 11.8 Å². The molecule has 1 atom stereocenters. The molecule has 0 unspecified atom stereocenters. The summed E-state index contributed by atoms with van der Waals surface area (Å²) >= 11 is 0. The van der Waals surface area contributed by atoms with Crippen molar-refractivity contribution in [3.05, 3.63) is 17.8 Å². The molecular formula is C11H16N2O3. The zero-order chi connectivity index (χ0) is 12.1. The lowest BCUT2D eigenvalue weighted by molar-refractivity contribution is -0.144. The average Bonchev–Trinajstić information content (AvgIpc) is 2.29. The van der Waals surface area contributed by atoms with Gasteiger partial charge in [0.25, 0.3) is 0 Å². The molecule has 1 aromatic heterocycles. The van der Waals surface area contributed by atoms with Crippen molar-refractivity contribution in [1.29, 1.82) is 0 Å². The van der Waals surface area contributed by atoms with Crippen molar-refractivity contribution in [2.24, 2.45) is 0 Å². The molecule has 0 saturated carbocycles. The Labute approximate surface area is 94.6 Å². The maximum absolute atomic E-state index is 11.5. The van der Waals surface area contributed by atoms with Gasteiger partial charge in [-0.2, -0.15) is 0 Å². The minimum Gasteiger partial charge on any atom is -0.493 e. The number of anilines is 1. The maximum atomic E-state index is 11.5. The van der Waals surface area contributed by atoms with Crippen LogP contribution in [-0.4, -0.2) is 24.7 Å². The van der Waals surface area contributed by atoms with Gasteiger partial charge in [0.1, 0.15) is 0 Å². The lowest BCUT2D eigenvalue weighted by Crippen LogP contribution is -2.13. The van der Waals surface area contributed by atoms with E-state index in [0.29, 0.717) is 18.2 Å². The molecule has 5 heteroatoms. The number of nitrogens with zero attached hydrogens (tertiary/aromatic N) is 1. The van der Waals surface area contributed by atoms with Crippen LogP contribution in [0.4, 0.5) is 5.82 Å². The molecule has 0 saturated heterocycles. The Balaban J connectivity index is 2.91. The number of carbonyl (C=O) groups excluding carboxylic acids is 1. The van der Waals surface area contributed by atoms with Crippen molar-refractivity contribution in [3.8, 4) is 5.75 Å². The van der Waals surface area contributed by atoms with Crippen LogP contribution in [0.15, 0.2) is 12.3 Å². The van der Waals surface area contributed by atoms with Crippen LogP contribution in [0.1, 0.15) is 25.3 Å². The lowest BCUT2D eigenvalue weighted by Gasteiger charge is -2.12. The molecule has 5 nitrogen and oxygen atoms in total. The van der Waals surface area contributed by atoms with E-state index in [2.05, 4.69) is 4.98 Å². The third-order valence-electron chi connectivity index (χ3n) is 2.26. The van der Waals surface area contributed by atoms with E-state index in [9.17, 15) is 4.79 Å². The number of pyridine rings is 1. The summed E-state index contributed by atoms with van der Waals surface area (Å²) in [7, 11) is 1.51. The molecule has 1 rings (SSSR count). The number of methoxy groups -OCH3 is 1. The summed E-state index contributed by atoms with van der Waals surface area (Å²) in [5.74, 6) is 0.119. The van der Waals surface area contributed by atoms with Crippen LogP contribution >= 0.6 is 0 Å². The molecule has 0 fully saturated rings. The first kappa shape index (κ1) is 12.3. The second-order valence-electron chi connectivity index (χ2n) is 3.33. The quantitative estimate of drug-likeness (QED) is 0.781. The third-order valence-corrected chi connectivity index (χ3v) is 2.26. The molecule has 1 heterocycles. The maximum Gasteiger partial charge on any atom is 0.313 e. The summed E-state index contributed by atoms with van der Waals surface area (Å²) in [5, 5.41) is 0. The molecule has 88 valence electrons. The van der Waals surface area contributed by atoms with E-state index in [1.165, 1.54) is 7.11 Å². The van der Waals surface area contributed by atoms with Crippen LogP contribution < -0.4 is 10.5 Å². The van der Waals surface area contributed by atoms with Crippen LogP contribution in [0.25, 0.3) is 0 Å². The normalized spacial score (nSPS) is 11.9. The molecule has 0 spiro atoms. The molecule has 0 aliphatic heterocycles. The number of nitrogens with two attached hydrogens (primary N) is 1. The predicted molar refractivity (Wildman–Crippen MR) is 60.2 cm³/mol. The van der Waals surface area contributed by atoms with Gasteiger partial charge in [-0.1, -0.05) is 0 Å². The average molecular weight is 224 g/mol. The minimum atomic E-state index is -0.373. The molecule has 2 N–H and O–H groups in total. The van der Waals surface area contributed by atoms with Gasteiger partial charge in [-0.15, -0.1) is 0 Å². The lowest BCUT2D eigenvalue weighted by atomic mass is 10.0. The standard InChI is InChI=1S/C11H16N2O3/c1-4-16-11(14)7(2)8-5-9(15-3)10(12)13-6-8/h5-7H,4H2,1-3H3,(H2,12,13)/t7-/m1/s1. The zero-order valence-corrected chi connectivity index (χ0v) is 9.69. The number of ether oxygens (including phenoxy) is 2. The SMILES string of the molecule is CCOC(=O)[C@H](C)c1cnc(N)c(OC)c1. The van der Waals surface area contributed by atoms with E-state index >= 15 is 0 Å². The second kappa shape index (κ2) is 5.34. The fraction of sp³-hybridized carbons (Fsp3) is 0.455. The molecule has 0 radical (unpaired) electrons. The Hall–Kier alpha value is -1.78. The van der Waals surface area contributed by atoms with Crippen LogP contribution in [0.2, 0.25) is 0 Å². The number of esters is 1. The summed E-state index contributed by atoms with van der Waals surface area (Å²) in [4.78, 5) is 15.5. The molecule has 16 heavy (non-hydrogen) atoms. The van der Waals surface area contributed by atoms with Gasteiger partial charge in [-0.25, -0.2) is 4.98 Å². The van der Waals surface area contributed by atoms with Gasteiger partial charge in [-0.05, 0) is 25.5 Å². The monoisotopic (exact) mass is 224 g/mol. The first-order chi connectivity index (χ1) is 7.60. The summed E-state index contributed by atoms with van der Waals surface area (Å²) < 4.78 is 9.96. The Kier molecular flexibility index (Phi) is 4.10. The Morgan fingerprint density at radius 1 is 1.62 bits per heavy atom. The third kappa shape index (κ3) is 2.62. The highest BCUT2D eigenvalue weighted by molar-refractivity contribution is 5.77. The van der Waals surface area contributed by atoms with Gasteiger partial charge in [-0.3, -0.25) is 4.79 Å². The first-order valence-electron chi connectivity index (χ1n) is 5.06. The van der Waals surface area contributed by atoms with Gasteiger partial charge < -0.3 is 15.2 Å². The highest BCUT2D eigenvalue weighted by Gasteiger charge is 2.18. The van der Waals surface area contributed by atoms with Crippen LogP contribution in [-0.2, 0) is 9.53 Å². The van der Waals surface area contributed by atoms with Crippen molar-refractivity contribution in [2.45, 2.75) is 19.8 Å². The number of aromatic nitrogens is 1. The fourth-order valence-corrected chi connectivity index (χ4v) is 1.27. The topological polar surface area (TPSA) is 74.4 Å². The molecule has 0 aromatic carbocycles. The number of rotatable bonds is 4. The zero-order valence-electron chi connectivity index (χ0n) is 9.69. The van der Waals surface area contributed by atoms with Gasteiger partial charge in [0.15, 0.2) is 11.6 Å². The smallest absolute Gasteiger partial charge is 0.313 e. The fourth-order valence-electron chi connectivity index (χ4n) is 1.27. The molecule has 1 aromatic rings. The van der Waals surface area contributed by atoms with Gasteiger partial charge >= 0.3 is 5.97 Å². The number of nitrogen functional groups attached to an aromatic ring is 1. The van der Waals surface area contributed by atoms with Gasteiger partial charge in [0.2, 0.25) is 0 Å². The molecule has 0 aliphatic carbocycles. The summed E-state index contributed by atoms with van der Waals surface area (Å²) in [6, 6.07) is 1.70. The van der Waals surface area contributed by atoms with Crippen LogP contribution in [0.3, 0.4) is 0 Å². The second-order valence-corrected chi connectivity index (χ2v) is 3.33. The van der Waals surface area contributed by atoms with E-state index in [4.69, 9.17) is 15.2 Å². The molecule has 0 bridgehead atoms. The van der Waals surface area contributed by atoms with Crippen molar-refractivity contribution in [2.75, 3.05) is 19.5 Å². The molecule has 0 aliphatic rings. The minimum absolute atomic E-state index is 0.281. The Bertz CT molecular complexity index is 379. The Morgan fingerprint density at radius 2 is 2.31 bits per heavy atom. The van der Waals surface area contributed by atoms with E-state index in [0.717, 1.165) is 5.56 Å². The molecular weight excluding hydrogens is 208 g/mol. The van der Waals surface area contributed by atoms with E-state index < -0.39 is 0 Å². The van der Waals surface area contributed by atoms with E-state index in [1.54, 1.807) is 26.1 Å². The van der Waals surface area contributed by atoms with Crippen LogP contribution in [0, 0.1) is 0 Å². The van der Waals surface area contributed by atoms with Gasteiger partial charge in [0, 0.05) is 6.20 Å². The summed E-state index contributed by atoms with van der Waals surface area (Å²) in [6.07, 6.45) is 1.56. The highest BCUT2D eigenvalue weighted by atomic mass is 16.5. The van der Waals surface area contributed by atoms with Crippen molar-refractivity contribution < 1.29 is 14.3 Å². The summed E-state index contributed by atoms with van der Waals surface area (Å²) in [5.41, 5.74) is 6.31.